The fourth-order valence-electron chi connectivity index (χ4n) is 2.67. The van der Waals surface area contributed by atoms with E-state index in [9.17, 15) is 9.18 Å². The highest BCUT2D eigenvalue weighted by atomic mass is 19.1. The number of carbonyl (C=O) groups is 1. The van der Waals surface area contributed by atoms with Crippen LogP contribution >= 0.6 is 0 Å². The summed E-state index contributed by atoms with van der Waals surface area (Å²) in [6, 6.07) is 4.90. The van der Waals surface area contributed by atoms with E-state index < -0.39 is 6.09 Å². The van der Waals surface area contributed by atoms with Crippen LogP contribution in [0.2, 0.25) is 0 Å². The highest BCUT2D eigenvalue weighted by molar-refractivity contribution is 5.90. The van der Waals surface area contributed by atoms with Crippen LogP contribution in [-0.2, 0) is 9.47 Å². The number of carbonyl (C=O) groups excluding carboxylic acids is 1. The number of benzene rings is 1. The summed E-state index contributed by atoms with van der Waals surface area (Å²) in [5.41, 5.74) is 1.10. The zero-order valence-corrected chi connectivity index (χ0v) is 12.0. The molecule has 0 N–H and O–H groups in total. The van der Waals surface area contributed by atoms with Crippen LogP contribution in [0.4, 0.5) is 20.6 Å². The van der Waals surface area contributed by atoms with Gasteiger partial charge in [0.15, 0.2) is 0 Å². The van der Waals surface area contributed by atoms with Crippen molar-refractivity contribution in [1.29, 1.82) is 0 Å². The van der Waals surface area contributed by atoms with Crippen LogP contribution in [0.15, 0.2) is 18.2 Å². The average Bonchev–Trinajstić information content (AvgIpc) is 2.89. The van der Waals surface area contributed by atoms with E-state index in [4.69, 9.17) is 9.47 Å². The van der Waals surface area contributed by atoms with E-state index in [1.165, 1.54) is 11.0 Å². The molecule has 2 heterocycles. The second kappa shape index (κ2) is 5.89. The first-order valence-corrected chi connectivity index (χ1v) is 7.29. The van der Waals surface area contributed by atoms with Gasteiger partial charge in [0.05, 0.1) is 31.1 Å². The third kappa shape index (κ3) is 2.81. The number of cyclic esters (lactones) is 1. The summed E-state index contributed by atoms with van der Waals surface area (Å²) >= 11 is 0. The topological polar surface area (TPSA) is 42.0 Å². The van der Waals surface area contributed by atoms with E-state index in [0.717, 1.165) is 6.42 Å². The Morgan fingerprint density at radius 2 is 2.10 bits per heavy atom. The Labute approximate surface area is 123 Å². The SMILES string of the molecule is CCC1CN(c2ccc(N3CCOCC3)c(F)c2)C(=O)O1. The van der Waals surface area contributed by atoms with E-state index in [1.807, 2.05) is 11.8 Å². The van der Waals surface area contributed by atoms with Crippen LogP contribution in [0.5, 0.6) is 0 Å². The molecule has 3 rings (SSSR count). The van der Waals surface area contributed by atoms with Crippen molar-refractivity contribution in [1.82, 2.24) is 0 Å². The lowest BCUT2D eigenvalue weighted by Gasteiger charge is -2.29. The Balaban J connectivity index is 1.79. The molecule has 1 aromatic carbocycles. The van der Waals surface area contributed by atoms with Gasteiger partial charge in [0.1, 0.15) is 11.9 Å². The Bertz CT molecular complexity index is 532. The fraction of sp³-hybridized carbons (Fsp3) is 0.533. The second-order valence-corrected chi connectivity index (χ2v) is 5.26. The summed E-state index contributed by atoms with van der Waals surface area (Å²) in [5.74, 6) is -0.317. The minimum absolute atomic E-state index is 0.112. The molecular weight excluding hydrogens is 275 g/mol. The summed E-state index contributed by atoms with van der Waals surface area (Å²) in [6.07, 6.45) is 0.246. The normalized spacial score (nSPS) is 22.6. The fourth-order valence-corrected chi connectivity index (χ4v) is 2.67. The summed E-state index contributed by atoms with van der Waals surface area (Å²) in [6.45, 7) is 5.02. The molecule has 0 saturated carbocycles. The largest absolute Gasteiger partial charge is 0.444 e. The van der Waals surface area contributed by atoms with Crippen LogP contribution < -0.4 is 9.80 Å². The van der Waals surface area contributed by atoms with Crippen LogP contribution in [0.1, 0.15) is 13.3 Å². The quantitative estimate of drug-likeness (QED) is 0.858. The molecule has 0 aliphatic carbocycles. The third-order valence-corrected chi connectivity index (χ3v) is 3.92. The maximum atomic E-state index is 14.3. The summed E-state index contributed by atoms with van der Waals surface area (Å²) in [4.78, 5) is 15.2. The number of hydrogen-bond donors (Lipinski definition) is 0. The number of hydrogen-bond acceptors (Lipinski definition) is 4. The standard InChI is InChI=1S/C15H19FN2O3/c1-2-12-10-18(15(19)21-12)11-3-4-14(13(16)9-11)17-5-7-20-8-6-17/h3-4,9,12H,2,5-8,10H2,1H3. The predicted octanol–water partition coefficient (Wildman–Crippen LogP) is 2.40. The molecular formula is C15H19FN2O3. The molecule has 2 aliphatic rings. The Hall–Kier alpha value is -1.82. The van der Waals surface area contributed by atoms with Crippen molar-refractivity contribution in [3.05, 3.63) is 24.0 Å². The number of amides is 1. The first kappa shape index (κ1) is 14.1. The molecule has 1 atom stereocenters. The lowest BCUT2D eigenvalue weighted by molar-refractivity contribution is 0.122. The maximum Gasteiger partial charge on any atom is 0.414 e. The molecule has 2 saturated heterocycles. The van der Waals surface area contributed by atoms with Gasteiger partial charge in [-0.05, 0) is 24.6 Å². The summed E-state index contributed by atoms with van der Waals surface area (Å²) in [7, 11) is 0. The van der Waals surface area contributed by atoms with Crippen LogP contribution in [0.3, 0.4) is 0 Å². The maximum absolute atomic E-state index is 14.3. The third-order valence-electron chi connectivity index (χ3n) is 3.92. The van der Waals surface area contributed by atoms with E-state index in [1.54, 1.807) is 12.1 Å². The van der Waals surface area contributed by atoms with Gasteiger partial charge < -0.3 is 14.4 Å². The predicted molar refractivity (Wildman–Crippen MR) is 77.3 cm³/mol. The van der Waals surface area contributed by atoms with Crippen molar-refractivity contribution in [3.8, 4) is 0 Å². The van der Waals surface area contributed by atoms with Gasteiger partial charge in [-0.25, -0.2) is 9.18 Å². The molecule has 0 aromatic heterocycles. The molecule has 1 unspecified atom stereocenters. The zero-order valence-electron chi connectivity index (χ0n) is 12.0. The first-order chi connectivity index (χ1) is 10.2. The highest BCUT2D eigenvalue weighted by Crippen LogP contribution is 2.28. The minimum atomic E-state index is -0.402. The zero-order chi connectivity index (χ0) is 14.8. The molecule has 21 heavy (non-hydrogen) atoms. The number of morpholine rings is 1. The van der Waals surface area contributed by atoms with Crippen molar-refractivity contribution in [2.75, 3.05) is 42.6 Å². The highest BCUT2D eigenvalue weighted by Gasteiger charge is 2.31. The summed E-state index contributed by atoms with van der Waals surface area (Å²) in [5, 5.41) is 0. The van der Waals surface area contributed by atoms with Gasteiger partial charge in [-0.1, -0.05) is 6.92 Å². The van der Waals surface area contributed by atoms with Gasteiger partial charge in [0, 0.05) is 13.1 Å². The Kier molecular flexibility index (Phi) is 3.96. The van der Waals surface area contributed by atoms with Gasteiger partial charge in [0.2, 0.25) is 0 Å². The van der Waals surface area contributed by atoms with E-state index in [-0.39, 0.29) is 11.9 Å². The molecule has 1 amide bonds. The van der Waals surface area contributed by atoms with Gasteiger partial charge >= 0.3 is 6.09 Å². The smallest absolute Gasteiger partial charge is 0.414 e. The second-order valence-electron chi connectivity index (χ2n) is 5.26. The van der Waals surface area contributed by atoms with Crippen molar-refractivity contribution < 1.29 is 18.7 Å². The van der Waals surface area contributed by atoms with Crippen molar-refractivity contribution in [2.24, 2.45) is 0 Å². The number of halogens is 1. The van der Waals surface area contributed by atoms with Crippen LogP contribution in [0.25, 0.3) is 0 Å². The number of nitrogens with zero attached hydrogens (tertiary/aromatic N) is 2. The molecule has 1 aromatic rings. The minimum Gasteiger partial charge on any atom is -0.444 e. The molecule has 5 nitrogen and oxygen atoms in total. The molecule has 2 fully saturated rings. The van der Waals surface area contributed by atoms with E-state index >= 15 is 0 Å². The first-order valence-electron chi connectivity index (χ1n) is 7.29. The summed E-state index contributed by atoms with van der Waals surface area (Å²) < 4.78 is 24.8. The number of rotatable bonds is 3. The lowest BCUT2D eigenvalue weighted by atomic mass is 10.2. The molecule has 2 aliphatic heterocycles. The van der Waals surface area contributed by atoms with Crippen molar-refractivity contribution >= 4 is 17.5 Å². The van der Waals surface area contributed by atoms with E-state index in [0.29, 0.717) is 44.2 Å². The average molecular weight is 294 g/mol. The lowest BCUT2D eigenvalue weighted by Crippen LogP contribution is -2.36. The van der Waals surface area contributed by atoms with Crippen LogP contribution in [0, 0.1) is 5.82 Å². The van der Waals surface area contributed by atoms with Gasteiger partial charge in [-0.3, -0.25) is 4.90 Å². The van der Waals surface area contributed by atoms with E-state index in [2.05, 4.69) is 0 Å². The number of anilines is 2. The number of ether oxygens (including phenoxy) is 2. The Morgan fingerprint density at radius 1 is 1.33 bits per heavy atom. The Morgan fingerprint density at radius 3 is 2.71 bits per heavy atom. The van der Waals surface area contributed by atoms with Gasteiger partial charge in [-0.2, -0.15) is 0 Å². The molecule has 6 heteroatoms. The molecule has 0 radical (unpaired) electrons. The van der Waals surface area contributed by atoms with Gasteiger partial charge in [-0.15, -0.1) is 0 Å². The van der Waals surface area contributed by atoms with Crippen molar-refractivity contribution in [3.63, 3.8) is 0 Å². The monoisotopic (exact) mass is 294 g/mol. The molecule has 114 valence electrons. The van der Waals surface area contributed by atoms with Crippen LogP contribution in [-0.4, -0.2) is 45.0 Å². The van der Waals surface area contributed by atoms with Gasteiger partial charge in [0.25, 0.3) is 0 Å². The van der Waals surface area contributed by atoms with Crippen molar-refractivity contribution in [2.45, 2.75) is 19.4 Å². The molecule has 0 spiro atoms. The molecule has 0 bridgehead atoms.